The Hall–Kier alpha value is -0.340. The fourth-order valence-corrected chi connectivity index (χ4v) is 9.67. The van der Waals surface area contributed by atoms with E-state index in [2.05, 4.69) is 33.1 Å². The molecular weight excluding hydrogens is 773 g/mol. The Morgan fingerprint density at radius 3 is 1.03 bits per heavy atom. The summed E-state index contributed by atoms with van der Waals surface area (Å²) in [4.78, 5) is 12.8. The first-order valence-electron chi connectivity index (χ1n) is 27.5. The molecule has 0 saturated carbocycles. The van der Waals surface area contributed by atoms with E-state index < -0.39 is 5.54 Å². The van der Waals surface area contributed by atoms with Crippen molar-refractivity contribution in [2.45, 2.75) is 290 Å². The van der Waals surface area contributed by atoms with E-state index in [1.807, 2.05) is 0 Å². The molecule has 0 spiro atoms. The highest BCUT2D eigenvalue weighted by Gasteiger charge is 2.31. The average Bonchev–Trinajstić information content (AvgIpc) is 3.26. The van der Waals surface area contributed by atoms with Crippen molar-refractivity contribution in [2.75, 3.05) is 52.3 Å². The van der Waals surface area contributed by atoms with Gasteiger partial charge < -0.3 is 24.2 Å². The molecule has 0 aromatic rings. The van der Waals surface area contributed by atoms with Gasteiger partial charge in [-0.1, -0.05) is 239 Å². The highest BCUT2D eigenvalue weighted by Crippen LogP contribution is 2.20. The van der Waals surface area contributed by atoms with Crippen molar-refractivity contribution >= 4 is 17.9 Å². The van der Waals surface area contributed by atoms with Crippen molar-refractivity contribution in [1.29, 1.82) is 0 Å². The lowest BCUT2D eigenvalue weighted by Crippen LogP contribution is -2.57. The lowest BCUT2D eigenvalue weighted by Gasteiger charge is -2.35. The van der Waals surface area contributed by atoms with Crippen LogP contribution in [0, 0.1) is 0 Å². The molecule has 61 heavy (non-hydrogen) atoms. The molecule has 366 valence electrons. The minimum absolute atomic E-state index is 0.104. The standard InChI is InChI=1S/C54H110N2O4S/c1-5-8-11-14-17-20-23-25-27-30-33-36-39-42-46-56(4,47-43-40-37-34-31-28-26-24-21-18-15-12-9-6-2)48-44-49-61-60-52-54(50-57,51-58)55-53(59)45-41-38-35-32-29-22-19-16-13-10-7-3/h57-58H,5-52H2,1-4H3/p+1. The number of carbonyl (C=O) groups is 1. The van der Waals surface area contributed by atoms with E-state index in [0.717, 1.165) is 36.0 Å². The number of unbranched alkanes of at least 4 members (excludes halogenated alkanes) is 36. The lowest BCUT2D eigenvalue weighted by atomic mass is 10.0. The van der Waals surface area contributed by atoms with Crippen LogP contribution in [0.2, 0.25) is 0 Å². The molecule has 0 aliphatic carbocycles. The largest absolute Gasteiger partial charge is 0.394 e. The zero-order chi connectivity index (χ0) is 44.6. The summed E-state index contributed by atoms with van der Waals surface area (Å²) in [5.41, 5.74) is -1.13. The smallest absolute Gasteiger partial charge is 0.220 e. The van der Waals surface area contributed by atoms with Gasteiger partial charge in [-0.3, -0.25) is 4.79 Å². The summed E-state index contributed by atoms with van der Waals surface area (Å²) in [6.07, 6.45) is 54.5. The van der Waals surface area contributed by atoms with E-state index in [1.165, 1.54) is 263 Å². The number of aliphatic hydroxyl groups is 2. The highest BCUT2D eigenvalue weighted by atomic mass is 32.2. The van der Waals surface area contributed by atoms with E-state index in [0.29, 0.717) is 6.42 Å². The Balaban J connectivity index is 4.50. The quantitative estimate of drug-likeness (QED) is 0.0322. The summed E-state index contributed by atoms with van der Waals surface area (Å²) >= 11 is 1.43. The maximum atomic E-state index is 12.8. The number of nitrogens with one attached hydrogen (secondary N) is 1. The topological polar surface area (TPSA) is 78.8 Å². The molecule has 0 aliphatic heterocycles. The molecule has 0 aromatic carbocycles. The Morgan fingerprint density at radius 1 is 0.443 bits per heavy atom. The zero-order valence-corrected chi connectivity index (χ0v) is 42.8. The normalized spacial score (nSPS) is 12.2. The van der Waals surface area contributed by atoms with Crippen molar-refractivity contribution in [3.63, 3.8) is 0 Å². The van der Waals surface area contributed by atoms with Crippen molar-refractivity contribution in [3.8, 4) is 0 Å². The van der Waals surface area contributed by atoms with Crippen LogP contribution in [0.3, 0.4) is 0 Å². The summed E-state index contributed by atoms with van der Waals surface area (Å²) in [7, 11) is 2.49. The molecule has 0 radical (unpaired) electrons. The fraction of sp³-hybridized carbons (Fsp3) is 0.981. The van der Waals surface area contributed by atoms with Crippen molar-refractivity contribution in [3.05, 3.63) is 0 Å². The molecule has 7 heteroatoms. The third-order valence-electron chi connectivity index (χ3n) is 13.5. The summed E-state index contributed by atoms with van der Waals surface area (Å²) in [6.45, 7) is 10.0. The van der Waals surface area contributed by atoms with Crippen molar-refractivity contribution in [2.24, 2.45) is 0 Å². The molecular formula is C54H111N2O4S+. The molecule has 0 rings (SSSR count). The number of nitrogens with zero attached hydrogens (tertiary/aromatic N) is 1. The van der Waals surface area contributed by atoms with Gasteiger partial charge in [-0.25, -0.2) is 0 Å². The number of carbonyl (C=O) groups excluding carboxylic acids is 1. The minimum Gasteiger partial charge on any atom is -0.394 e. The molecule has 3 N–H and O–H groups in total. The number of amides is 1. The number of rotatable bonds is 52. The van der Waals surface area contributed by atoms with Gasteiger partial charge in [-0.2, -0.15) is 0 Å². The van der Waals surface area contributed by atoms with Gasteiger partial charge in [0.15, 0.2) is 0 Å². The minimum atomic E-state index is -1.13. The van der Waals surface area contributed by atoms with E-state index in [-0.39, 0.29) is 25.7 Å². The predicted molar refractivity (Wildman–Crippen MR) is 271 cm³/mol. The summed E-state index contributed by atoms with van der Waals surface area (Å²) < 4.78 is 7.11. The Morgan fingerprint density at radius 2 is 0.721 bits per heavy atom. The fourth-order valence-electron chi connectivity index (χ4n) is 8.99. The number of quaternary nitrogens is 1. The molecule has 0 bridgehead atoms. The predicted octanol–water partition coefficient (Wildman–Crippen LogP) is 16.0. The maximum absolute atomic E-state index is 12.8. The van der Waals surface area contributed by atoms with E-state index in [1.54, 1.807) is 0 Å². The monoisotopic (exact) mass is 884 g/mol. The van der Waals surface area contributed by atoms with Crippen LogP contribution < -0.4 is 5.32 Å². The van der Waals surface area contributed by atoms with Crippen LogP contribution >= 0.6 is 12.0 Å². The first-order valence-corrected chi connectivity index (χ1v) is 28.4. The first-order chi connectivity index (χ1) is 29.9. The molecule has 0 heterocycles. The summed E-state index contributed by atoms with van der Waals surface area (Å²) in [5.74, 6) is 0.776. The molecule has 1 amide bonds. The average molecular weight is 885 g/mol. The van der Waals surface area contributed by atoms with Crippen LogP contribution in [-0.4, -0.2) is 78.4 Å². The second kappa shape index (κ2) is 47.6. The summed E-state index contributed by atoms with van der Waals surface area (Å²) in [5, 5.41) is 23.3. The van der Waals surface area contributed by atoms with E-state index in [9.17, 15) is 15.0 Å². The molecule has 0 aromatic heterocycles. The molecule has 0 saturated heterocycles. The number of hydrogen-bond acceptors (Lipinski definition) is 5. The van der Waals surface area contributed by atoms with Gasteiger partial charge in [-0.05, 0) is 44.1 Å². The number of aliphatic hydroxyl groups excluding tert-OH is 2. The Kier molecular flexibility index (Phi) is 47.4. The van der Waals surface area contributed by atoms with Crippen LogP contribution in [0.1, 0.15) is 284 Å². The van der Waals surface area contributed by atoms with Gasteiger partial charge in [0.1, 0.15) is 5.54 Å². The van der Waals surface area contributed by atoms with Crippen molar-refractivity contribution < 1.29 is 23.7 Å². The van der Waals surface area contributed by atoms with Gasteiger partial charge in [0, 0.05) is 18.6 Å². The Labute approximate surface area is 387 Å². The lowest BCUT2D eigenvalue weighted by molar-refractivity contribution is -0.910. The maximum Gasteiger partial charge on any atom is 0.220 e. The van der Waals surface area contributed by atoms with Gasteiger partial charge in [0.05, 0.1) is 46.5 Å². The molecule has 6 nitrogen and oxygen atoms in total. The first kappa shape index (κ1) is 60.7. The molecule has 0 atom stereocenters. The van der Waals surface area contributed by atoms with E-state index >= 15 is 0 Å². The second-order valence-electron chi connectivity index (χ2n) is 19.9. The highest BCUT2D eigenvalue weighted by molar-refractivity contribution is 7.94. The zero-order valence-electron chi connectivity index (χ0n) is 42.0. The van der Waals surface area contributed by atoms with Crippen LogP contribution in [0.4, 0.5) is 0 Å². The van der Waals surface area contributed by atoms with Crippen LogP contribution in [0.25, 0.3) is 0 Å². The number of hydrogen-bond donors (Lipinski definition) is 3. The van der Waals surface area contributed by atoms with Gasteiger partial charge in [0.2, 0.25) is 5.91 Å². The van der Waals surface area contributed by atoms with Crippen LogP contribution in [-0.2, 0) is 8.98 Å². The third-order valence-corrected chi connectivity index (χ3v) is 14.2. The third kappa shape index (κ3) is 42.1. The van der Waals surface area contributed by atoms with Crippen molar-refractivity contribution in [1.82, 2.24) is 5.32 Å². The second-order valence-corrected chi connectivity index (χ2v) is 20.7. The van der Waals surface area contributed by atoms with Crippen LogP contribution in [0.5, 0.6) is 0 Å². The SMILES string of the molecule is CCCCCCCCCCCCCCCC[N+](C)(CCCCCCCCCCCCCCCC)CCCSOCC(CO)(CO)NC(=O)CCCCCCCCCCCCC. The van der Waals surface area contributed by atoms with Gasteiger partial charge >= 0.3 is 0 Å². The summed E-state index contributed by atoms with van der Waals surface area (Å²) in [6, 6.07) is 0. The van der Waals surface area contributed by atoms with Gasteiger partial charge in [0.25, 0.3) is 0 Å². The van der Waals surface area contributed by atoms with E-state index in [4.69, 9.17) is 4.18 Å². The van der Waals surface area contributed by atoms with Gasteiger partial charge in [-0.15, -0.1) is 0 Å². The molecule has 0 unspecified atom stereocenters. The Bertz CT molecular complexity index is 840. The van der Waals surface area contributed by atoms with Crippen LogP contribution in [0.15, 0.2) is 0 Å². The molecule has 0 aliphatic rings. The molecule has 0 fully saturated rings.